The zero-order valence-electron chi connectivity index (χ0n) is 25.1. The van der Waals surface area contributed by atoms with Gasteiger partial charge in [-0.15, -0.1) is 11.8 Å². The van der Waals surface area contributed by atoms with Crippen molar-refractivity contribution < 1.29 is 19.5 Å². The lowest BCUT2D eigenvalue weighted by Crippen LogP contribution is -2.60. The van der Waals surface area contributed by atoms with Crippen LogP contribution in [0.1, 0.15) is 73.6 Å². The number of aliphatic hydroxyl groups is 1. The van der Waals surface area contributed by atoms with Gasteiger partial charge >= 0.3 is 0 Å². The van der Waals surface area contributed by atoms with Crippen molar-refractivity contribution in [2.45, 2.75) is 102 Å². The Morgan fingerprint density at radius 2 is 1.70 bits per heavy atom. The van der Waals surface area contributed by atoms with Gasteiger partial charge in [0.05, 0.1) is 23.6 Å². The number of β-amino-alcohol motifs (C(OH)–C–C–N with tert-alkyl or cyclic N) is 1. The van der Waals surface area contributed by atoms with E-state index in [9.17, 15) is 19.5 Å². The summed E-state index contributed by atoms with van der Waals surface area (Å²) in [6, 6.07) is 8.94. The molecule has 1 heterocycles. The van der Waals surface area contributed by atoms with E-state index in [-0.39, 0.29) is 29.9 Å². The quantitative estimate of drug-likeness (QED) is 0.300. The second kappa shape index (κ2) is 13.7. The highest BCUT2D eigenvalue weighted by Crippen LogP contribution is 2.39. The van der Waals surface area contributed by atoms with Crippen LogP contribution in [-0.4, -0.2) is 70.3 Å². The molecule has 1 aromatic carbocycles. The Bertz CT molecular complexity index is 1010. The number of likely N-dealkylation sites (tertiary alicyclic amines) is 1. The topological polar surface area (TPSA) is 125 Å². The number of amides is 3. The number of nitrogens with one attached hydrogen (secondary N) is 2. The highest BCUT2D eigenvalue weighted by molar-refractivity contribution is 7.99. The molecule has 0 radical (unpaired) electrons. The van der Waals surface area contributed by atoms with E-state index < -0.39 is 29.4 Å². The van der Waals surface area contributed by atoms with Crippen LogP contribution in [0.4, 0.5) is 0 Å². The third-order valence-electron chi connectivity index (χ3n) is 8.80. The molecule has 40 heavy (non-hydrogen) atoms. The molecule has 0 aromatic heterocycles. The van der Waals surface area contributed by atoms with Gasteiger partial charge in [0.1, 0.15) is 0 Å². The predicted octanol–water partition coefficient (Wildman–Crippen LogP) is 3.57. The van der Waals surface area contributed by atoms with Crippen molar-refractivity contribution in [1.82, 2.24) is 15.5 Å². The summed E-state index contributed by atoms with van der Waals surface area (Å²) < 4.78 is 0. The minimum atomic E-state index is -1.04. The van der Waals surface area contributed by atoms with Crippen molar-refractivity contribution in [2.24, 2.45) is 28.9 Å². The molecular formula is C31H50N4O4S. The van der Waals surface area contributed by atoms with Crippen molar-refractivity contribution in [3.63, 3.8) is 0 Å². The number of piperidine rings is 1. The maximum Gasteiger partial charge on any atom is 0.237 e. The number of carbonyl (C=O) groups is 3. The van der Waals surface area contributed by atoms with Crippen LogP contribution >= 0.6 is 11.8 Å². The molecule has 6 atom stereocenters. The van der Waals surface area contributed by atoms with E-state index in [0.29, 0.717) is 17.6 Å². The van der Waals surface area contributed by atoms with E-state index in [4.69, 9.17) is 5.73 Å². The number of hydrogen-bond acceptors (Lipinski definition) is 6. The average molecular weight is 575 g/mol. The SMILES string of the molecule is C[C@@H](C(=O)N[C@@H](CSc1ccccc1)[C@H](O)CN1CC2CCCCC2C[C@H]1C(=O)NC(C)(C)C)C(C)(C)C(N)=O. The molecule has 0 bridgehead atoms. The van der Waals surface area contributed by atoms with Gasteiger partial charge in [-0.25, -0.2) is 0 Å². The third-order valence-corrected chi connectivity index (χ3v) is 9.93. The monoisotopic (exact) mass is 574 g/mol. The lowest BCUT2D eigenvalue weighted by Gasteiger charge is -2.47. The second-order valence-corrected chi connectivity index (χ2v) is 14.5. The molecule has 224 valence electrons. The smallest absolute Gasteiger partial charge is 0.237 e. The molecule has 1 aliphatic carbocycles. The van der Waals surface area contributed by atoms with Gasteiger partial charge in [0, 0.05) is 35.2 Å². The van der Waals surface area contributed by atoms with Gasteiger partial charge < -0.3 is 21.5 Å². The van der Waals surface area contributed by atoms with E-state index in [1.165, 1.54) is 12.8 Å². The molecule has 2 unspecified atom stereocenters. The highest BCUT2D eigenvalue weighted by atomic mass is 32.2. The fraction of sp³-hybridized carbons (Fsp3) is 0.710. The van der Waals surface area contributed by atoms with E-state index in [1.54, 1.807) is 32.5 Å². The maximum atomic E-state index is 13.4. The molecule has 9 heteroatoms. The minimum Gasteiger partial charge on any atom is -0.390 e. The van der Waals surface area contributed by atoms with Crippen molar-refractivity contribution in [1.29, 1.82) is 0 Å². The van der Waals surface area contributed by atoms with Gasteiger partial charge in [-0.05, 0) is 57.6 Å². The number of primary amides is 1. The molecule has 3 rings (SSSR count). The number of thioether (sulfide) groups is 1. The molecule has 3 amide bonds. The molecule has 1 aromatic rings. The summed E-state index contributed by atoms with van der Waals surface area (Å²) in [4.78, 5) is 42.0. The summed E-state index contributed by atoms with van der Waals surface area (Å²) in [6.07, 6.45) is 4.60. The number of fused-ring (bicyclic) bond motifs is 1. The first kappa shape index (κ1) is 32.4. The largest absolute Gasteiger partial charge is 0.390 e. The van der Waals surface area contributed by atoms with E-state index in [1.807, 2.05) is 51.1 Å². The predicted molar refractivity (Wildman–Crippen MR) is 161 cm³/mol. The highest BCUT2D eigenvalue weighted by Gasteiger charge is 2.42. The molecule has 8 nitrogen and oxygen atoms in total. The number of carbonyl (C=O) groups excluding carboxylic acids is 3. The zero-order valence-corrected chi connectivity index (χ0v) is 25.9. The molecule has 2 fully saturated rings. The van der Waals surface area contributed by atoms with Crippen LogP contribution in [0.3, 0.4) is 0 Å². The van der Waals surface area contributed by atoms with Crippen molar-refractivity contribution in [2.75, 3.05) is 18.8 Å². The summed E-state index contributed by atoms with van der Waals surface area (Å²) in [5.74, 6) is -0.0611. The van der Waals surface area contributed by atoms with Crippen LogP contribution in [0.5, 0.6) is 0 Å². The normalized spacial score (nSPS) is 24.3. The zero-order chi connectivity index (χ0) is 29.7. The molecule has 1 saturated heterocycles. The Balaban J connectivity index is 1.80. The van der Waals surface area contributed by atoms with Gasteiger partial charge in [0.15, 0.2) is 0 Å². The van der Waals surface area contributed by atoms with E-state index in [0.717, 1.165) is 30.7 Å². The third kappa shape index (κ3) is 8.70. The molecular weight excluding hydrogens is 524 g/mol. The molecule has 0 spiro atoms. The first-order valence-electron chi connectivity index (χ1n) is 14.7. The van der Waals surface area contributed by atoms with Crippen molar-refractivity contribution in [3.8, 4) is 0 Å². The lowest BCUT2D eigenvalue weighted by atomic mass is 9.72. The minimum absolute atomic E-state index is 0.000186. The number of nitrogens with zero attached hydrogens (tertiary/aromatic N) is 1. The van der Waals surface area contributed by atoms with Gasteiger partial charge in [0.2, 0.25) is 17.7 Å². The first-order valence-corrected chi connectivity index (χ1v) is 15.7. The van der Waals surface area contributed by atoms with Gasteiger partial charge in [-0.3, -0.25) is 19.3 Å². The van der Waals surface area contributed by atoms with Gasteiger partial charge in [-0.2, -0.15) is 0 Å². The van der Waals surface area contributed by atoms with Crippen LogP contribution in [-0.2, 0) is 14.4 Å². The number of nitrogens with two attached hydrogens (primary N) is 1. The number of hydrogen-bond donors (Lipinski definition) is 4. The number of rotatable bonds is 11. The molecule has 5 N–H and O–H groups in total. The maximum absolute atomic E-state index is 13.4. The second-order valence-electron chi connectivity index (χ2n) is 13.4. The number of aliphatic hydroxyl groups excluding tert-OH is 1. The Morgan fingerprint density at radius 1 is 1.07 bits per heavy atom. The fourth-order valence-electron chi connectivity index (χ4n) is 5.79. The van der Waals surface area contributed by atoms with E-state index in [2.05, 4.69) is 15.5 Å². The standard InChI is InChI=1S/C31H50N4O4S/c1-20(31(5,6)29(32)39)27(37)33-24(19-40-23-14-8-7-9-15-23)26(36)18-35-17-22-13-11-10-12-21(22)16-25(35)28(38)34-30(2,3)4/h7-9,14-15,20-22,24-26,36H,10-13,16-19H2,1-6H3,(H2,32,39)(H,33,37)(H,34,38)/t20-,21?,22?,24-,25-,26+/m0/s1. The van der Waals surface area contributed by atoms with Gasteiger partial charge in [-0.1, -0.05) is 58.2 Å². The summed E-state index contributed by atoms with van der Waals surface area (Å²) in [6.45, 7) is 12.0. The Morgan fingerprint density at radius 3 is 2.30 bits per heavy atom. The summed E-state index contributed by atoms with van der Waals surface area (Å²) in [5.41, 5.74) is 4.20. The summed E-state index contributed by atoms with van der Waals surface area (Å²) >= 11 is 1.56. The Hall–Kier alpha value is -2.10. The average Bonchev–Trinajstić information content (AvgIpc) is 2.89. The van der Waals surface area contributed by atoms with Crippen molar-refractivity contribution >= 4 is 29.5 Å². The van der Waals surface area contributed by atoms with Gasteiger partial charge in [0.25, 0.3) is 0 Å². The van der Waals surface area contributed by atoms with Crippen LogP contribution in [0.25, 0.3) is 0 Å². The summed E-state index contributed by atoms with van der Waals surface area (Å²) in [5, 5.41) is 17.8. The Labute approximate surface area is 244 Å². The van der Waals surface area contributed by atoms with Crippen molar-refractivity contribution in [3.05, 3.63) is 30.3 Å². The summed E-state index contributed by atoms with van der Waals surface area (Å²) in [7, 11) is 0. The Kier molecular flexibility index (Phi) is 11.1. The fourth-order valence-corrected chi connectivity index (χ4v) is 6.82. The lowest BCUT2D eigenvalue weighted by molar-refractivity contribution is -0.138. The number of benzene rings is 1. The van der Waals surface area contributed by atoms with Crippen LogP contribution in [0.2, 0.25) is 0 Å². The molecule has 1 aliphatic heterocycles. The molecule has 1 saturated carbocycles. The molecule has 2 aliphatic rings. The first-order chi connectivity index (χ1) is 18.7. The van der Waals surface area contributed by atoms with Crippen LogP contribution < -0.4 is 16.4 Å². The van der Waals surface area contributed by atoms with E-state index >= 15 is 0 Å². The van der Waals surface area contributed by atoms with Crippen LogP contribution in [0, 0.1) is 23.2 Å². The van der Waals surface area contributed by atoms with Crippen LogP contribution in [0.15, 0.2) is 35.2 Å².